The van der Waals surface area contributed by atoms with Gasteiger partial charge in [-0.15, -0.1) is 0 Å². The molecule has 5 unspecified atom stereocenters. The molecule has 10 aromatic rings. The van der Waals surface area contributed by atoms with Gasteiger partial charge < -0.3 is 9.80 Å². The van der Waals surface area contributed by atoms with E-state index in [1.165, 1.54) is 115 Å². The molecule has 360 valence electrons. The molecule has 0 N–H and O–H groups in total. The molecular weight excluding hydrogens is 925 g/mol. The van der Waals surface area contributed by atoms with Crippen molar-refractivity contribution in [3.05, 3.63) is 277 Å². The van der Waals surface area contributed by atoms with Crippen LogP contribution in [0.4, 0.5) is 34.1 Å². The topological polar surface area (TPSA) is 6.48 Å². The maximum Gasteiger partial charge on any atom is 0.0713 e. The molecule has 3 bridgehead atoms. The van der Waals surface area contributed by atoms with Gasteiger partial charge in [-0.1, -0.05) is 188 Å². The number of para-hydroxylation sites is 2. The summed E-state index contributed by atoms with van der Waals surface area (Å²) in [7, 11) is 0. The fraction of sp³-hybridized carbons (Fsp3) is 0.167. The number of nitrogens with zero attached hydrogens (tertiary/aromatic N) is 2. The van der Waals surface area contributed by atoms with Gasteiger partial charge in [0.2, 0.25) is 0 Å². The molecule has 4 fully saturated rings. The average molecular weight is 981 g/mol. The molecule has 4 saturated carbocycles. The molecule has 0 radical (unpaired) electrons. The minimum Gasteiger partial charge on any atom is -0.310 e. The van der Waals surface area contributed by atoms with E-state index >= 15 is 0 Å². The smallest absolute Gasteiger partial charge is 0.0713 e. The van der Waals surface area contributed by atoms with E-state index in [0.29, 0.717) is 10.8 Å². The first-order valence-corrected chi connectivity index (χ1v) is 28.1. The Hall–Kier alpha value is -7.85. The van der Waals surface area contributed by atoms with Crippen molar-refractivity contribution in [2.75, 3.05) is 9.80 Å². The zero-order valence-electron chi connectivity index (χ0n) is 41.9. The minimum atomic E-state index is -0.457. The summed E-state index contributed by atoms with van der Waals surface area (Å²) in [6, 6.07) is 93.4. The van der Waals surface area contributed by atoms with Crippen LogP contribution in [-0.4, -0.2) is 0 Å². The highest BCUT2D eigenvalue weighted by molar-refractivity contribution is 7.99. The maximum atomic E-state index is 2.50. The Balaban J connectivity index is 0.772. The SMILES string of the molecule is c1ccc(C2(c3ccccc3)c3ccccc3-c3cc(N(c4ccc(-c5ccc(N6c7ccccc7Sc7ccccc76)cc5)cc4)c4ccc(-c5ccc(C67CC8CC9CC(C6)C9(C8)C7)cc5)cc4)ccc32)cc1. The molecule has 0 saturated heterocycles. The number of fused-ring (bicyclic) bond motifs is 7. The van der Waals surface area contributed by atoms with Crippen molar-refractivity contribution in [2.45, 2.75) is 59.1 Å². The van der Waals surface area contributed by atoms with Gasteiger partial charge in [0.25, 0.3) is 0 Å². The summed E-state index contributed by atoms with van der Waals surface area (Å²) in [6.45, 7) is 0. The molecule has 5 aliphatic carbocycles. The van der Waals surface area contributed by atoms with Gasteiger partial charge in [0.05, 0.1) is 16.8 Å². The summed E-state index contributed by atoms with van der Waals surface area (Å²) < 4.78 is 0. The highest BCUT2D eigenvalue weighted by Gasteiger charge is 2.71. The van der Waals surface area contributed by atoms with E-state index in [4.69, 9.17) is 0 Å². The second kappa shape index (κ2) is 16.6. The first-order valence-electron chi connectivity index (χ1n) is 27.3. The molecule has 0 amide bonds. The van der Waals surface area contributed by atoms with E-state index in [-0.39, 0.29) is 0 Å². The van der Waals surface area contributed by atoms with E-state index in [0.717, 1.165) is 40.5 Å². The van der Waals surface area contributed by atoms with E-state index in [2.05, 4.69) is 259 Å². The van der Waals surface area contributed by atoms with Crippen molar-refractivity contribution in [3.8, 4) is 33.4 Å². The second-order valence-electron chi connectivity index (χ2n) is 22.7. The third-order valence-electron chi connectivity index (χ3n) is 19.1. The predicted octanol–water partition coefficient (Wildman–Crippen LogP) is 19.3. The largest absolute Gasteiger partial charge is 0.310 e. The van der Waals surface area contributed by atoms with Gasteiger partial charge in [-0.2, -0.15) is 0 Å². The van der Waals surface area contributed by atoms with Crippen LogP contribution < -0.4 is 9.80 Å². The number of anilines is 6. The molecule has 10 aromatic carbocycles. The highest BCUT2D eigenvalue weighted by atomic mass is 32.2. The summed E-state index contributed by atoms with van der Waals surface area (Å²) in [5.74, 6) is 2.95. The molecule has 3 heteroatoms. The van der Waals surface area contributed by atoms with Crippen LogP contribution in [0.1, 0.15) is 66.3 Å². The van der Waals surface area contributed by atoms with Crippen LogP contribution in [0.3, 0.4) is 0 Å². The van der Waals surface area contributed by atoms with Crippen LogP contribution in [-0.2, 0) is 10.8 Å². The summed E-state index contributed by atoms with van der Waals surface area (Å²) in [5, 5.41) is 0. The van der Waals surface area contributed by atoms with Gasteiger partial charge >= 0.3 is 0 Å². The van der Waals surface area contributed by atoms with E-state index in [1.807, 2.05) is 11.8 Å². The molecule has 1 spiro atoms. The van der Waals surface area contributed by atoms with Gasteiger partial charge in [0, 0.05) is 32.5 Å². The quantitative estimate of drug-likeness (QED) is 0.142. The lowest BCUT2D eigenvalue weighted by molar-refractivity contribution is -0.000160. The van der Waals surface area contributed by atoms with Gasteiger partial charge in [0.15, 0.2) is 0 Å². The van der Waals surface area contributed by atoms with Crippen molar-refractivity contribution in [1.82, 2.24) is 0 Å². The van der Waals surface area contributed by atoms with Crippen LogP contribution >= 0.6 is 11.8 Å². The van der Waals surface area contributed by atoms with Crippen molar-refractivity contribution in [2.24, 2.45) is 23.2 Å². The number of hydrogen-bond donors (Lipinski definition) is 0. The molecule has 2 nitrogen and oxygen atoms in total. The highest BCUT2D eigenvalue weighted by Crippen LogP contribution is 2.79. The van der Waals surface area contributed by atoms with Gasteiger partial charge in [-0.25, -0.2) is 0 Å². The fourth-order valence-corrected chi connectivity index (χ4v) is 17.2. The van der Waals surface area contributed by atoms with Crippen molar-refractivity contribution in [3.63, 3.8) is 0 Å². The number of rotatable bonds is 9. The Morgan fingerprint density at radius 3 is 1.55 bits per heavy atom. The molecular formula is C72H56N2S. The van der Waals surface area contributed by atoms with E-state index in [1.54, 1.807) is 5.56 Å². The van der Waals surface area contributed by atoms with Crippen LogP contribution in [0.25, 0.3) is 33.4 Å². The summed E-state index contributed by atoms with van der Waals surface area (Å²) in [4.78, 5) is 7.39. The molecule has 1 aliphatic heterocycles. The van der Waals surface area contributed by atoms with E-state index in [9.17, 15) is 0 Å². The third kappa shape index (κ3) is 6.47. The van der Waals surface area contributed by atoms with E-state index < -0.39 is 5.41 Å². The molecule has 1 heterocycles. The second-order valence-corrected chi connectivity index (χ2v) is 23.8. The van der Waals surface area contributed by atoms with Crippen molar-refractivity contribution >= 4 is 45.9 Å². The van der Waals surface area contributed by atoms with Crippen LogP contribution in [0.15, 0.2) is 259 Å². The number of benzene rings is 10. The number of hydrogen-bond acceptors (Lipinski definition) is 3. The van der Waals surface area contributed by atoms with Gasteiger partial charge in [-0.3, -0.25) is 0 Å². The predicted molar refractivity (Wildman–Crippen MR) is 310 cm³/mol. The Morgan fingerprint density at radius 2 is 0.920 bits per heavy atom. The Morgan fingerprint density at radius 1 is 0.400 bits per heavy atom. The van der Waals surface area contributed by atoms with Crippen LogP contribution in [0.5, 0.6) is 0 Å². The lowest BCUT2D eigenvalue weighted by atomic mass is 9.55. The molecule has 16 rings (SSSR count). The minimum absolute atomic E-state index is 0.408. The molecule has 0 aromatic heterocycles. The van der Waals surface area contributed by atoms with Crippen molar-refractivity contribution < 1.29 is 0 Å². The van der Waals surface area contributed by atoms with Gasteiger partial charge in [-0.05, 0) is 201 Å². The lowest BCUT2D eigenvalue weighted by Gasteiger charge is -2.49. The molecule has 6 aliphatic rings. The Labute approximate surface area is 445 Å². The van der Waals surface area contributed by atoms with Gasteiger partial charge in [0.1, 0.15) is 0 Å². The van der Waals surface area contributed by atoms with Crippen molar-refractivity contribution in [1.29, 1.82) is 0 Å². The summed E-state index contributed by atoms with van der Waals surface area (Å²) in [6.07, 6.45) is 8.81. The zero-order valence-corrected chi connectivity index (χ0v) is 42.8. The Bertz CT molecular complexity index is 3740. The monoisotopic (exact) mass is 980 g/mol. The molecule has 75 heavy (non-hydrogen) atoms. The standard InChI is InChI=1S/C72H56N2S/c1-3-13-54(14-4-1)72(55-15-5-2-6-16-55)64-18-8-7-17-62(64)63-43-61(39-40-65(63)72)73(58-33-25-50(26-34-58)49-23-31-53(32-24-49)70-44-48-41-56-42-57(46-70)71(56,45-48)47-70)59-35-27-51(28-36-59)52-29-37-60(38-30-52)74-66-19-9-11-21-68(66)75-69-22-12-10-20-67(69)74/h1-40,43,48,56-57H,41-42,44-47H2. The summed E-state index contributed by atoms with van der Waals surface area (Å²) in [5.41, 5.74) is 21.8. The fourth-order valence-electron chi connectivity index (χ4n) is 16.1. The first kappa shape index (κ1) is 43.5. The summed E-state index contributed by atoms with van der Waals surface area (Å²) >= 11 is 1.84. The lowest BCUT2D eigenvalue weighted by Crippen LogP contribution is -2.42. The Kier molecular flexibility index (Phi) is 9.62. The zero-order chi connectivity index (χ0) is 49.3. The van der Waals surface area contributed by atoms with Crippen LogP contribution in [0, 0.1) is 23.2 Å². The third-order valence-corrected chi connectivity index (χ3v) is 20.3. The average Bonchev–Trinajstić information content (AvgIpc) is 4.00. The maximum absolute atomic E-state index is 2.50. The molecule has 5 atom stereocenters. The first-order chi connectivity index (χ1) is 37.0. The van der Waals surface area contributed by atoms with Crippen LogP contribution in [0.2, 0.25) is 0 Å². The normalized spacial score (nSPS) is 22.6.